The van der Waals surface area contributed by atoms with E-state index in [0.717, 1.165) is 12.8 Å². The van der Waals surface area contributed by atoms with Crippen LogP contribution in [0.4, 0.5) is 17.8 Å². The lowest BCUT2D eigenvalue weighted by Crippen LogP contribution is -2.20. The Bertz CT molecular complexity index is 337. The molecule has 1 aromatic heterocycles. The van der Waals surface area contributed by atoms with Crippen molar-refractivity contribution in [3.05, 3.63) is 0 Å². The minimum atomic E-state index is 0.341. The third-order valence-electron chi connectivity index (χ3n) is 2.83. The molecule has 0 amide bonds. The summed E-state index contributed by atoms with van der Waals surface area (Å²) in [6, 6.07) is 0.683. The lowest BCUT2D eigenvalue weighted by molar-refractivity contribution is 0.739. The summed E-state index contributed by atoms with van der Waals surface area (Å²) in [6.07, 6.45) is 2.05. The van der Waals surface area contributed by atoms with Gasteiger partial charge in [-0.3, -0.25) is 0 Å². The quantitative estimate of drug-likeness (QED) is 0.691. The van der Waals surface area contributed by atoms with Crippen LogP contribution < -0.4 is 16.0 Å². The molecule has 3 N–H and O–H groups in total. The molecule has 0 spiro atoms. The molecule has 1 rings (SSSR count). The number of aromatic nitrogens is 3. The number of hydrogen-bond donors (Lipinski definition) is 3. The van der Waals surface area contributed by atoms with Crippen molar-refractivity contribution in [1.29, 1.82) is 0 Å². The highest BCUT2D eigenvalue weighted by molar-refractivity contribution is 5.42. The third kappa shape index (κ3) is 4.35. The normalized spacial score (nSPS) is 13.8. The number of hydrogen-bond acceptors (Lipinski definition) is 6. The van der Waals surface area contributed by atoms with Gasteiger partial charge in [0.2, 0.25) is 17.8 Å². The van der Waals surface area contributed by atoms with E-state index in [-0.39, 0.29) is 0 Å². The molecule has 0 aromatic carbocycles. The largest absolute Gasteiger partial charge is 0.357 e. The molecule has 0 bridgehead atoms. The third-order valence-corrected chi connectivity index (χ3v) is 2.83. The molecule has 2 atom stereocenters. The SMILES string of the molecule is CC[C@@H](C)Nc1nc(NC)nc(N[C@H](C)CC)n1. The maximum absolute atomic E-state index is 4.37. The second-order valence-corrected chi connectivity index (χ2v) is 4.46. The second-order valence-electron chi connectivity index (χ2n) is 4.46. The maximum atomic E-state index is 4.37. The zero-order valence-electron chi connectivity index (χ0n) is 11.9. The van der Waals surface area contributed by atoms with Crippen molar-refractivity contribution in [2.45, 2.75) is 52.6 Å². The zero-order chi connectivity index (χ0) is 13.5. The van der Waals surface area contributed by atoms with Crippen molar-refractivity contribution >= 4 is 17.8 Å². The first-order valence-electron chi connectivity index (χ1n) is 6.55. The summed E-state index contributed by atoms with van der Waals surface area (Å²) in [4.78, 5) is 12.9. The predicted octanol–water partition coefficient (Wildman–Crippen LogP) is 2.33. The van der Waals surface area contributed by atoms with Crippen molar-refractivity contribution in [2.75, 3.05) is 23.0 Å². The molecule has 0 fully saturated rings. The molecular formula is C12H24N6. The minimum Gasteiger partial charge on any atom is -0.357 e. The van der Waals surface area contributed by atoms with Gasteiger partial charge in [0, 0.05) is 19.1 Å². The predicted molar refractivity (Wildman–Crippen MR) is 76.1 cm³/mol. The monoisotopic (exact) mass is 252 g/mol. The molecule has 6 heteroatoms. The van der Waals surface area contributed by atoms with Crippen LogP contribution in [0.3, 0.4) is 0 Å². The standard InChI is InChI=1S/C12H24N6/c1-6-8(3)14-11-16-10(13-5)17-12(18-11)15-9(4)7-2/h8-9H,6-7H2,1-5H3,(H3,13,14,15,16,17,18)/t8-,9-/m1/s1. The Morgan fingerprint density at radius 3 is 1.56 bits per heavy atom. The average Bonchev–Trinajstić information content (AvgIpc) is 2.37. The molecule has 0 aliphatic rings. The van der Waals surface area contributed by atoms with Gasteiger partial charge in [-0.2, -0.15) is 15.0 Å². The van der Waals surface area contributed by atoms with Gasteiger partial charge in [0.1, 0.15) is 0 Å². The van der Waals surface area contributed by atoms with E-state index in [9.17, 15) is 0 Å². The van der Waals surface area contributed by atoms with E-state index < -0.39 is 0 Å². The van der Waals surface area contributed by atoms with Crippen LogP contribution in [-0.2, 0) is 0 Å². The van der Waals surface area contributed by atoms with Crippen LogP contribution in [-0.4, -0.2) is 34.1 Å². The van der Waals surface area contributed by atoms with Gasteiger partial charge in [-0.25, -0.2) is 0 Å². The van der Waals surface area contributed by atoms with Gasteiger partial charge in [-0.15, -0.1) is 0 Å². The topological polar surface area (TPSA) is 74.8 Å². The van der Waals surface area contributed by atoms with Gasteiger partial charge in [-0.1, -0.05) is 13.8 Å². The maximum Gasteiger partial charge on any atom is 0.229 e. The zero-order valence-corrected chi connectivity index (χ0v) is 11.9. The molecule has 0 aliphatic carbocycles. The highest BCUT2D eigenvalue weighted by Crippen LogP contribution is 2.12. The fourth-order valence-corrected chi connectivity index (χ4v) is 1.26. The Balaban J connectivity index is 2.87. The van der Waals surface area contributed by atoms with Crippen LogP contribution >= 0.6 is 0 Å². The van der Waals surface area contributed by atoms with Gasteiger partial charge in [0.15, 0.2) is 0 Å². The van der Waals surface area contributed by atoms with Crippen LogP contribution in [0.5, 0.6) is 0 Å². The number of rotatable bonds is 7. The fourth-order valence-electron chi connectivity index (χ4n) is 1.26. The lowest BCUT2D eigenvalue weighted by atomic mass is 10.3. The summed E-state index contributed by atoms with van der Waals surface area (Å²) in [5.41, 5.74) is 0. The molecule has 102 valence electrons. The van der Waals surface area contributed by atoms with Gasteiger partial charge >= 0.3 is 0 Å². The molecule has 0 saturated heterocycles. The van der Waals surface area contributed by atoms with Crippen molar-refractivity contribution in [3.8, 4) is 0 Å². The highest BCUT2D eigenvalue weighted by atomic mass is 15.3. The molecule has 0 saturated carbocycles. The summed E-state index contributed by atoms with van der Waals surface area (Å²) in [7, 11) is 1.80. The van der Waals surface area contributed by atoms with Crippen LogP contribution in [0.25, 0.3) is 0 Å². The first-order valence-corrected chi connectivity index (χ1v) is 6.55. The summed E-state index contributed by atoms with van der Waals surface area (Å²) in [6.45, 7) is 8.45. The van der Waals surface area contributed by atoms with E-state index in [1.54, 1.807) is 7.05 Å². The van der Waals surface area contributed by atoms with Crippen LogP contribution in [0, 0.1) is 0 Å². The van der Waals surface area contributed by atoms with Crippen LogP contribution in [0.1, 0.15) is 40.5 Å². The minimum absolute atomic E-state index is 0.341. The summed E-state index contributed by atoms with van der Waals surface area (Å²) in [5, 5.41) is 9.46. The summed E-state index contributed by atoms with van der Waals surface area (Å²) >= 11 is 0. The first kappa shape index (κ1) is 14.5. The number of nitrogens with zero attached hydrogens (tertiary/aromatic N) is 3. The van der Waals surface area contributed by atoms with Crippen LogP contribution in [0.2, 0.25) is 0 Å². The van der Waals surface area contributed by atoms with Gasteiger partial charge in [0.05, 0.1) is 0 Å². The molecule has 6 nitrogen and oxygen atoms in total. The average molecular weight is 252 g/mol. The van der Waals surface area contributed by atoms with Crippen molar-refractivity contribution in [2.24, 2.45) is 0 Å². The van der Waals surface area contributed by atoms with E-state index in [1.807, 2.05) is 0 Å². The molecule has 1 aromatic rings. The lowest BCUT2D eigenvalue weighted by Gasteiger charge is -2.15. The van der Waals surface area contributed by atoms with E-state index in [1.165, 1.54) is 0 Å². The Kier molecular flexibility index (Phi) is 5.61. The smallest absolute Gasteiger partial charge is 0.229 e. The van der Waals surface area contributed by atoms with E-state index in [4.69, 9.17) is 0 Å². The molecule has 0 unspecified atom stereocenters. The van der Waals surface area contributed by atoms with Gasteiger partial charge < -0.3 is 16.0 Å². The van der Waals surface area contributed by atoms with Crippen LogP contribution in [0.15, 0.2) is 0 Å². The Labute approximate surface area is 109 Å². The van der Waals surface area contributed by atoms with E-state index in [0.29, 0.717) is 29.9 Å². The molecule has 0 radical (unpaired) electrons. The first-order chi connectivity index (χ1) is 8.58. The van der Waals surface area contributed by atoms with Gasteiger partial charge in [-0.05, 0) is 26.7 Å². The molecular weight excluding hydrogens is 228 g/mol. The van der Waals surface area contributed by atoms with Crippen molar-refractivity contribution < 1.29 is 0 Å². The Hall–Kier alpha value is -1.59. The molecule has 0 aliphatic heterocycles. The van der Waals surface area contributed by atoms with E-state index >= 15 is 0 Å². The fraction of sp³-hybridized carbons (Fsp3) is 0.750. The summed E-state index contributed by atoms with van der Waals surface area (Å²) in [5.74, 6) is 1.78. The Morgan fingerprint density at radius 2 is 1.22 bits per heavy atom. The van der Waals surface area contributed by atoms with E-state index in [2.05, 4.69) is 58.6 Å². The molecule has 1 heterocycles. The summed E-state index contributed by atoms with van der Waals surface area (Å²) < 4.78 is 0. The number of anilines is 3. The molecule has 18 heavy (non-hydrogen) atoms. The van der Waals surface area contributed by atoms with Crippen molar-refractivity contribution in [1.82, 2.24) is 15.0 Å². The van der Waals surface area contributed by atoms with Crippen molar-refractivity contribution in [3.63, 3.8) is 0 Å². The van der Waals surface area contributed by atoms with Gasteiger partial charge in [0.25, 0.3) is 0 Å². The number of nitrogens with one attached hydrogen (secondary N) is 3. The highest BCUT2D eigenvalue weighted by Gasteiger charge is 2.09. The Morgan fingerprint density at radius 1 is 0.833 bits per heavy atom. The second kappa shape index (κ2) is 6.98.